The summed E-state index contributed by atoms with van der Waals surface area (Å²) < 4.78 is 0. The molecule has 1 rings (SSSR count). The molecule has 0 unspecified atom stereocenters. The first kappa shape index (κ1) is 10.7. The predicted molar refractivity (Wildman–Crippen MR) is 58.3 cm³/mol. The van der Waals surface area contributed by atoms with Gasteiger partial charge in [-0.2, -0.15) is 11.8 Å². The van der Waals surface area contributed by atoms with E-state index < -0.39 is 0 Å². The molecule has 1 aliphatic carbocycles. The van der Waals surface area contributed by atoms with Crippen LogP contribution in [0.5, 0.6) is 0 Å². The van der Waals surface area contributed by atoms with Gasteiger partial charge in [0.25, 0.3) is 0 Å². The van der Waals surface area contributed by atoms with Crippen molar-refractivity contribution in [3.05, 3.63) is 0 Å². The highest BCUT2D eigenvalue weighted by Crippen LogP contribution is 2.32. The summed E-state index contributed by atoms with van der Waals surface area (Å²) in [5, 5.41) is 3.57. The Hall–Kier alpha value is 0.600. The second-order valence-electron chi connectivity index (χ2n) is 3.54. The zero-order valence-corrected chi connectivity index (χ0v) is 9.31. The molecular weight excluding hydrogens is 190 g/mol. The second kappa shape index (κ2) is 5.36. The van der Waals surface area contributed by atoms with E-state index in [0.29, 0.717) is 5.54 Å². The lowest BCUT2D eigenvalue weighted by molar-refractivity contribution is 0.214. The van der Waals surface area contributed by atoms with Crippen molar-refractivity contribution in [2.45, 2.75) is 31.2 Å². The first-order chi connectivity index (χ1) is 5.83. The van der Waals surface area contributed by atoms with Gasteiger partial charge in [0.1, 0.15) is 0 Å². The van der Waals surface area contributed by atoms with Crippen molar-refractivity contribution in [1.82, 2.24) is 5.32 Å². The molecule has 1 fully saturated rings. The van der Waals surface area contributed by atoms with Crippen LogP contribution in [0.2, 0.25) is 0 Å². The summed E-state index contributed by atoms with van der Waals surface area (Å²) in [6, 6.07) is 0. The molecule has 0 aromatic carbocycles. The van der Waals surface area contributed by atoms with Gasteiger partial charge in [0, 0.05) is 11.4 Å². The van der Waals surface area contributed by atoms with Crippen molar-refractivity contribution < 1.29 is 0 Å². The summed E-state index contributed by atoms with van der Waals surface area (Å²) in [6.45, 7) is 1.13. The van der Waals surface area contributed by atoms with E-state index >= 15 is 0 Å². The number of alkyl halides is 1. The largest absolute Gasteiger partial charge is 0.310 e. The third-order valence-electron chi connectivity index (χ3n) is 2.59. The quantitative estimate of drug-likeness (QED) is 0.531. The topological polar surface area (TPSA) is 12.0 Å². The maximum Gasteiger partial charge on any atom is 0.0406 e. The molecule has 0 aliphatic heterocycles. The minimum atomic E-state index is 0.319. The zero-order valence-electron chi connectivity index (χ0n) is 7.74. The Morgan fingerprint density at radius 3 is 2.67 bits per heavy atom. The van der Waals surface area contributed by atoms with Gasteiger partial charge in [0.15, 0.2) is 0 Å². The monoisotopic (exact) mass is 207 g/mol. The van der Waals surface area contributed by atoms with Gasteiger partial charge in [-0.15, -0.1) is 11.6 Å². The average Bonchev–Trinajstić information content (AvgIpc) is 2.02. The maximum absolute atomic E-state index is 5.91. The van der Waals surface area contributed by atoms with Crippen LogP contribution in [0.15, 0.2) is 0 Å². The van der Waals surface area contributed by atoms with Crippen LogP contribution in [0, 0.1) is 0 Å². The minimum Gasteiger partial charge on any atom is -0.310 e. The van der Waals surface area contributed by atoms with Crippen molar-refractivity contribution in [2.75, 3.05) is 24.4 Å². The standard InChI is InChI=1S/C9H18ClNS/c1-12-7-3-6-11-9(8-10)4-2-5-9/h11H,2-8H2,1H3. The van der Waals surface area contributed by atoms with E-state index in [2.05, 4.69) is 11.6 Å². The average molecular weight is 208 g/mol. The van der Waals surface area contributed by atoms with Gasteiger partial charge in [-0.25, -0.2) is 0 Å². The summed E-state index contributed by atoms with van der Waals surface area (Å²) in [7, 11) is 0. The third kappa shape index (κ3) is 2.82. The lowest BCUT2D eigenvalue weighted by Crippen LogP contribution is -2.52. The molecule has 0 aromatic rings. The molecule has 1 saturated carbocycles. The van der Waals surface area contributed by atoms with Gasteiger partial charge >= 0.3 is 0 Å². The molecule has 0 radical (unpaired) electrons. The van der Waals surface area contributed by atoms with Crippen molar-refractivity contribution in [3.8, 4) is 0 Å². The molecule has 0 spiro atoms. The van der Waals surface area contributed by atoms with Crippen LogP contribution >= 0.6 is 23.4 Å². The Labute approximate surface area is 84.6 Å². The Morgan fingerprint density at radius 2 is 2.25 bits per heavy atom. The highest BCUT2D eigenvalue weighted by molar-refractivity contribution is 7.98. The molecule has 0 aromatic heterocycles. The number of hydrogen-bond acceptors (Lipinski definition) is 2. The van der Waals surface area contributed by atoms with Crippen LogP contribution in [0.1, 0.15) is 25.7 Å². The minimum absolute atomic E-state index is 0.319. The van der Waals surface area contributed by atoms with E-state index in [9.17, 15) is 0 Å². The molecule has 1 aliphatic rings. The number of nitrogens with one attached hydrogen (secondary N) is 1. The highest BCUT2D eigenvalue weighted by Gasteiger charge is 2.34. The van der Waals surface area contributed by atoms with Gasteiger partial charge in [0.05, 0.1) is 0 Å². The summed E-state index contributed by atoms with van der Waals surface area (Å²) in [4.78, 5) is 0. The number of hydrogen-bond donors (Lipinski definition) is 1. The Bertz CT molecular complexity index is 120. The number of halogens is 1. The van der Waals surface area contributed by atoms with E-state index in [1.54, 1.807) is 0 Å². The summed E-state index contributed by atoms with van der Waals surface area (Å²) in [5.41, 5.74) is 0.319. The summed E-state index contributed by atoms with van der Waals surface area (Å²) >= 11 is 7.82. The van der Waals surface area contributed by atoms with Crippen molar-refractivity contribution in [2.24, 2.45) is 0 Å². The van der Waals surface area contributed by atoms with Crippen molar-refractivity contribution in [1.29, 1.82) is 0 Å². The van der Waals surface area contributed by atoms with Crippen LogP contribution in [0.25, 0.3) is 0 Å². The van der Waals surface area contributed by atoms with Crippen LogP contribution in [-0.2, 0) is 0 Å². The first-order valence-corrected chi connectivity index (χ1v) is 6.56. The molecule has 3 heteroatoms. The summed E-state index contributed by atoms with van der Waals surface area (Å²) in [5.74, 6) is 2.04. The smallest absolute Gasteiger partial charge is 0.0406 e. The number of thioether (sulfide) groups is 1. The zero-order chi connectivity index (χ0) is 8.86. The lowest BCUT2D eigenvalue weighted by Gasteiger charge is -2.41. The lowest BCUT2D eigenvalue weighted by atomic mass is 9.78. The molecule has 0 saturated heterocycles. The number of rotatable bonds is 6. The molecule has 1 nitrogen and oxygen atoms in total. The molecule has 0 amide bonds. The van der Waals surface area contributed by atoms with Gasteiger partial charge in [-0.3, -0.25) is 0 Å². The summed E-state index contributed by atoms with van der Waals surface area (Å²) in [6.07, 6.45) is 7.31. The fourth-order valence-corrected chi connectivity index (χ4v) is 2.33. The van der Waals surface area contributed by atoms with Crippen LogP contribution in [0.4, 0.5) is 0 Å². The Morgan fingerprint density at radius 1 is 1.50 bits per heavy atom. The molecule has 0 heterocycles. The van der Waals surface area contributed by atoms with Gasteiger partial charge in [-0.1, -0.05) is 0 Å². The van der Waals surface area contributed by atoms with Gasteiger partial charge in [0.2, 0.25) is 0 Å². The van der Waals surface area contributed by atoms with E-state index in [0.717, 1.165) is 12.4 Å². The molecule has 12 heavy (non-hydrogen) atoms. The van der Waals surface area contributed by atoms with E-state index in [1.807, 2.05) is 11.8 Å². The van der Waals surface area contributed by atoms with Crippen LogP contribution in [-0.4, -0.2) is 30.0 Å². The van der Waals surface area contributed by atoms with E-state index in [-0.39, 0.29) is 0 Å². The van der Waals surface area contributed by atoms with Crippen LogP contribution in [0.3, 0.4) is 0 Å². The fraction of sp³-hybridized carbons (Fsp3) is 1.00. The second-order valence-corrected chi connectivity index (χ2v) is 4.79. The van der Waals surface area contributed by atoms with Gasteiger partial charge < -0.3 is 5.32 Å². The SMILES string of the molecule is CSCCCNC1(CCl)CCC1. The van der Waals surface area contributed by atoms with Crippen LogP contribution < -0.4 is 5.32 Å². The molecule has 0 bridgehead atoms. The predicted octanol–water partition coefficient (Wildman–Crippen LogP) is 2.49. The normalized spacial score (nSPS) is 20.5. The maximum atomic E-state index is 5.91. The molecule has 1 N–H and O–H groups in total. The highest BCUT2D eigenvalue weighted by atomic mass is 35.5. The molecule has 0 atom stereocenters. The first-order valence-electron chi connectivity index (χ1n) is 4.63. The Kier molecular flexibility index (Phi) is 4.77. The van der Waals surface area contributed by atoms with E-state index in [1.165, 1.54) is 31.4 Å². The molecule has 72 valence electrons. The van der Waals surface area contributed by atoms with Crippen molar-refractivity contribution >= 4 is 23.4 Å². The van der Waals surface area contributed by atoms with Gasteiger partial charge in [-0.05, 0) is 44.2 Å². The Balaban J connectivity index is 2.04. The van der Waals surface area contributed by atoms with Crippen molar-refractivity contribution in [3.63, 3.8) is 0 Å². The van der Waals surface area contributed by atoms with E-state index in [4.69, 9.17) is 11.6 Å². The fourth-order valence-electron chi connectivity index (χ4n) is 1.53. The molecular formula is C9H18ClNS. The third-order valence-corrected chi connectivity index (χ3v) is 3.80.